The Bertz CT molecular complexity index is 607. The maximum Gasteiger partial charge on any atom is 0.159 e. The van der Waals surface area contributed by atoms with Crippen LogP contribution in [0.5, 0.6) is 0 Å². The van der Waals surface area contributed by atoms with E-state index >= 15 is 0 Å². The highest BCUT2D eigenvalue weighted by molar-refractivity contribution is 5.33. The molecule has 0 aromatic heterocycles. The molecule has 4 heteroatoms. The highest BCUT2D eigenvalue weighted by atomic mass is 19.2. The molecular formula is C17H19F2NO. The number of aliphatic hydroxyl groups excluding tert-OH is 1. The van der Waals surface area contributed by atoms with E-state index in [2.05, 4.69) is 0 Å². The zero-order valence-corrected chi connectivity index (χ0v) is 11.9. The fraction of sp³-hybridized carbons (Fsp3) is 0.294. The monoisotopic (exact) mass is 291 g/mol. The average molecular weight is 291 g/mol. The smallest absolute Gasteiger partial charge is 0.159 e. The molecule has 112 valence electrons. The van der Waals surface area contributed by atoms with Gasteiger partial charge in [0.25, 0.3) is 0 Å². The van der Waals surface area contributed by atoms with Gasteiger partial charge in [-0.15, -0.1) is 0 Å². The van der Waals surface area contributed by atoms with Crippen molar-refractivity contribution in [3.8, 4) is 0 Å². The summed E-state index contributed by atoms with van der Waals surface area (Å²) in [7, 11) is 0. The van der Waals surface area contributed by atoms with Crippen LogP contribution in [0.4, 0.5) is 8.78 Å². The van der Waals surface area contributed by atoms with Crippen LogP contribution in [0.3, 0.4) is 0 Å². The van der Waals surface area contributed by atoms with E-state index in [0.717, 1.165) is 23.3 Å². The largest absolute Gasteiger partial charge is 0.395 e. The van der Waals surface area contributed by atoms with Crippen LogP contribution in [0.25, 0.3) is 0 Å². The summed E-state index contributed by atoms with van der Waals surface area (Å²) >= 11 is 0. The number of hydrogen-bond donors (Lipinski definition) is 2. The van der Waals surface area contributed by atoms with Gasteiger partial charge in [-0.25, -0.2) is 8.78 Å². The maximum atomic E-state index is 13.3. The molecule has 2 aromatic rings. The Kier molecular flexibility index (Phi) is 4.70. The molecule has 0 spiro atoms. The standard InChI is InChI=1S/C17H19F2NO/c1-12-2-5-14(6-3-12)17(10-20,11-21)9-13-4-7-15(18)16(19)8-13/h2-8,21H,9-11,20H2,1H3. The van der Waals surface area contributed by atoms with Crippen LogP contribution >= 0.6 is 0 Å². The summed E-state index contributed by atoms with van der Waals surface area (Å²) < 4.78 is 26.4. The van der Waals surface area contributed by atoms with Crippen LogP contribution < -0.4 is 5.73 Å². The second kappa shape index (κ2) is 6.33. The summed E-state index contributed by atoms with van der Waals surface area (Å²) in [4.78, 5) is 0. The third-order valence-electron chi connectivity index (χ3n) is 3.88. The summed E-state index contributed by atoms with van der Waals surface area (Å²) in [6, 6.07) is 11.5. The highest BCUT2D eigenvalue weighted by Crippen LogP contribution is 2.28. The van der Waals surface area contributed by atoms with Gasteiger partial charge in [-0.3, -0.25) is 0 Å². The number of halogens is 2. The molecule has 0 aliphatic carbocycles. The van der Waals surface area contributed by atoms with Gasteiger partial charge in [-0.05, 0) is 36.6 Å². The first-order valence-electron chi connectivity index (χ1n) is 6.83. The zero-order chi connectivity index (χ0) is 15.5. The van der Waals surface area contributed by atoms with Crippen molar-refractivity contribution in [1.82, 2.24) is 0 Å². The molecule has 0 aliphatic heterocycles. The van der Waals surface area contributed by atoms with Gasteiger partial charge in [0, 0.05) is 12.0 Å². The van der Waals surface area contributed by atoms with Gasteiger partial charge >= 0.3 is 0 Å². The highest BCUT2D eigenvalue weighted by Gasteiger charge is 2.30. The fourth-order valence-electron chi connectivity index (χ4n) is 2.45. The molecule has 0 radical (unpaired) electrons. The molecule has 2 aromatic carbocycles. The second-order valence-electron chi connectivity index (χ2n) is 5.43. The lowest BCUT2D eigenvalue weighted by molar-refractivity contribution is 0.196. The van der Waals surface area contributed by atoms with Crippen LogP contribution in [0, 0.1) is 18.6 Å². The van der Waals surface area contributed by atoms with Crippen molar-refractivity contribution in [2.75, 3.05) is 13.2 Å². The lowest BCUT2D eigenvalue weighted by atomic mass is 9.76. The SMILES string of the molecule is Cc1ccc(C(CN)(CO)Cc2ccc(F)c(F)c2)cc1. The van der Waals surface area contributed by atoms with Gasteiger partial charge < -0.3 is 10.8 Å². The number of benzene rings is 2. The van der Waals surface area contributed by atoms with Gasteiger partial charge in [0.05, 0.1) is 6.61 Å². The molecule has 2 rings (SSSR count). The van der Waals surface area contributed by atoms with E-state index in [9.17, 15) is 13.9 Å². The number of aliphatic hydroxyl groups is 1. The Morgan fingerprint density at radius 3 is 2.24 bits per heavy atom. The maximum absolute atomic E-state index is 13.3. The van der Waals surface area contributed by atoms with E-state index < -0.39 is 17.0 Å². The molecule has 2 nitrogen and oxygen atoms in total. The minimum absolute atomic E-state index is 0.161. The summed E-state index contributed by atoms with van der Waals surface area (Å²) in [6.45, 7) is 2.03. The molecule has 0 aliphatic rings. The molecule has 1 atom stereocenters. The van der Waals surface area contributed by atoms with Crippen molar-refractivity contribution in [2.45, 2.75) is 18.8 Å². The topological polar surface area (TPSA) is 46.2 Å². The van der Waals surface area contributed by atoms with Crippen molar-refractivity contribution in [3.63, 3.8) is 0 Å². The van der Waals surface area contributed by atoms with Crippen molar-refractivity contribution in [3.05, 3.63) is 70.8 Å². The van der Waals surface area contributed by atoms with Crippen molar-refractivity contribution in [1.29, 1.82) is 0 Å². The minimum Gasteiger partial charge on any atom is -0.395 e. The van der Waals surface area contributed by atoms with Gasteiger partial charge in [0.1, 0.15) is 0 Å². The van der Waals surface area contributed by atoms with Gasteiger partial charge in [0.2, 0.25) is 0 Å². The Morgan fingerprint density at radius 2 is 1.71 bits per heavy atom. The van der Waals surface area contributed by atoms with E-state index in [1.165, 1.54) is 6.07 Å². The van der Waals surface area contributed by atoms with Crippen molar-refractivity contribution in [2.24, 2.45) is 5.73 Å². The summed E-state index contributed by atoms with van der Waals surface area (Å²) in [5.41, 5.74) is 7.78. The van der Waals surface area contributed by atoms with E-state index in [4.69, 9.17) is 5.73 Å². The van der Waals surface area contributed by atoms with Crippen LogP contribution in [0.2, 0.25) is 0 Å². The Labute approximate surface area is 123 Å². The molecule has 21 heavy (non-hydrogen) atoms. The molecule has 0 heterocycles. The summed E-state index contributed by atoms with van der Waals surface area (Å²) in [5.74, 6) is -1.77. The van der Waals surface area contributed by atoms with Gasteiger partial charge in [-0.1, -0.05) is 35.9 Å². The average Bonchev–Trinajstić information content (AvgIpc) is 2.49. The predicted octanol–water partition coefficient (Wildman–Crippen LogP) is 2.70. The van der Waals surface area contributed by atoms with Crippen molar-refractivity contribution < 1.29 is 13.9 Å². The molecular weight excluding hydrogens is 272 g/mol. The third-order valence-corrected chi connectivity index (χ3v) is 3.88. The summed E-state index contributed by atoms with van der Waals surface area (Å²) in [5, 5.41) is 9.84. The van der Waals surface area contributed by atoms with E-state index in [1.807, 2.05) is 31.2 Å². The lowest BCUT2D eigenvalue weighted by Crippen LogP contribution is -2.41. The van der Waals surface area contributed by atoms with Crippen LogP contribution in [0.1, 0.15) is 16.7 Å². The normalized spacial score (nSPS) is 14.0. The molecule has 0 bridgehead atoms. The van der Waals surface area contributed by atoms with E-state index in [0.29, 0.717) is 12.0 Å². The van der Waals surface area contributed by atoms with E-state index in [-0.39, 0.29) is 13.2 Å². The first-order valence-corrected chi connectivity index (χ1v) is 6.83. The Balaban J connectivity index is 2.37. The molecule has 0 amide bonds. The molecule has 1 unspecified atom stereocenters. The lowest BCUT2D eigenvalue weighted by Gasteiger charge is -2.31. The predicted molar refractivity (Wildman–Crippen MR) is 79.1 cm³/mol. The Hall–Kier alpha value is -1.78. The summed E-state index contributed by atoms with van der Waals surface area (Å²) in [6.07, 6.45) is 0.347. The number of rotatable bonds is 5. The van der Waals surface area contributed by atoms with Gasteiger partial charge in [-0.2, -0.15) is 0 Å². The van der Waals surface area contributed by atoms with Crippen molar-refractivity contribution >= 4 is 0 Å². The molecule has 0 fully saturated rings. The second-order valence-corrected chi connectivity index (χ2v) is 5.43. The number of aryl methyl sites for hydroxylation is 1. The van der Waals surface area contributed by atoms with Crippen LogP contribution in [0.15, 0.2) is 42.5 Å². The number of nitrogens with two attached hydrogens (primary N) is 1. The zero-order valence-electron chi connectivity index (χ0n) is 11.9. The van der Waals surface area contributed by atoms with Crippen LogP contribution in [-0.2, 0) is 11.8 Å². The Morgan fingerprint density at radius 1 is 1.05 bits per heavy atom. The fourth-order valence-corrected chi connectivity index (χ4v) is 2.45. The molecule has 0 saturated heterocycles. The first kappa shape index (κ1) is 15.6. The third kappa shape index (κ3) is 3.28. The van der Waals surface area contributed by atoms with Crippen LogP contribution in [-0.4, -0.2) is 18.3 Å². The van der Waals surface area contributed by atoms with Gasteiger partial charge in [0.15, 0.2) is 11.6 Å². The minimum atomic E-state index is -0.889. The molecule has 0 saturated carbocycles. The quantitative estimate of drug-likeness (QED) is 0.889. The first-order chi connectivity index (χ1) is 10.0. The number of hydrogen-bond acceptors (Lipinski definition) is 2. The molecule has 3 N–H and O–H groups in total. The van der Waals surface area contributed by atoms with E-state index in [1.54, 1.807) is 0 Å².